The minimum atomic E-state index is -0.156. The Morgan fingerprint density at radius 3 is 2.39 bits per heavy atom. The van der Waals surface area contributed by atoms with Crippen LogP contribution in [-0.4, -0.2) is 34.6 Å². The van der Waals surface area contributed by atoms with Gasteiger partial charge < -0.3 is 10.6 Å². The minimum Gasteiger partial charge on any atom is -0.356 e. The fourth-order valence-corrected chi connectivity index (χ4v) is 6.59. The molecule has 2 fully saturated rings. The Balaban J connectivity index is 1.46. The summed E-state index contributed by atoms with van der Waals surface area (Å²) in [6, 6.07) is 0.253. The van der Waals surface area contributed by atoms with Crippen LogP contribution in [0.4, 0.5) is 0 Å². The van der Waals surface area contributed by atoms with Gasteiger partial charge in [-0.05, 0) is 51.9 Å². The second-order valence-corrected chi connectivity index (χ2v) is 10.5. The smallest absolute Gasteiger partial charge is 0.224 e. The summed E-state index contributed by atoms with van der Waals surface area (Å²) in [5.41, 5.74) is 1.10. The number of nitrogens with one attached hydrogen (secondary N) is 2. The molecule has 2 aliphatic carbocycles. The Bertz CT molecular complexity index is 656. The number of hydrogen-bond donors (Lipinski definition) is 2. The molecular formula is C21H33N3O2S2. The number of amides is 2. The number of thioether (sulfide) groups is 1. The van der Waals surface area contributed by atoms with Crippen LogP contribution in [0.2, 0.25) is 0 Å². The number of nitrogens with zero attached hydrogens (tertiary/aromatic N) is 1. The van der Waals surface area contributed by atoms with Gasteiger partial charge in [0.2, 0.25) is 11.8 Å². The Kier molecular flexibility index (Phi) is 8.21. The van der Waals surface area contributed by atoms with Gasteiger partial charge in [-0.25, -0.2) is 4.98 Å². The number of carbonyl (C=O) groups is 2. The molecule has 2 saturated carbocycles. The average molecular weight is 424 g/mol. The molecule has 2 N–H and O–H groups in total. The first-order valence-corrected chi connectivity index (χ1v) is 12.5. The summed E-state index contributed by atoms with van der Waals surface area (Å²) >= 11 is 3.61. The number of carbonyl (C=O) groups excluding carboxylic acids is 2. The maximum Gasteiger partial charge on any atom is 0.224 e. The molecular weight excluding hydrogens is 390 g/mol. The van der Waals surface area contributed by atoms with Crippen LogP contribution in [0, 0.1) is 18.8 Å². The van der Waals surface area contributed by atoms with E-state index in [-0.39, 0.29) is 29.7 Å². The van der Waals surface area contributed by atoms with Gasteiger partial charge in [-0.15, -0.1) is 11.3 Å². The fraction of sp³-hybridized carbons (Fsp3) is 0.762. The number of rotatable bonds is 7. The van der Waals surface area contributed by atoms with Crippen molar-refractivity contribution < 1.29 is 9.59 Å². The van der Waals surface area contributed by atoms with E-state index in [0.717, 1.165) is 67.8 Å². The highest BCUT2D eigenvalue weighted by Crippen LogP contribution is 2.36. The third-order valence-electron chi connectivity index (χ3n) is 5.87. The van der Waals surface area contributed by atoms with Crippen LogP contribution < -0.4 is 10.6 Å². The molecule has 0 spiro atoms. The van der Waals surface area contributed by atoms with E-state index in [1.807, 2.05) is 18.7 Å². The lowest BCUT2D eigenvalue weighted by Crippen LogP contribution is -2.47. The molecule has 1 aromatic heterocycles. The van der Waals surface area contributed by atoms with Gasteiger partial charge in [0.15, 0.2) is 0 Å². The maximum atomic E-state index is 12.9. The molecule has 1 heterocycles. The van der Waals surface area contributed by atoms with Gasteiger partial charge in [0.1, 0.15) is 4.34 Å². The molecule has 0 bridgehead atoms. The largest absolute Gasteiger partial charge is 0.356 e. The highest BCUT2D eigenvalue weighted by atomic mass is 32.2. The molecule has 0 radical (unpaired) electrons. The second kappa shape index (κ2) is 10.6. The van der Waals surface area contributed by atoms with Gasteiger partial charge >= 0.3 is 0 Å². The first kappa shape index (κ1) is 21.6. The average Bonchev–Trinajstić information content (AvgIpc) is 3.12. The SMILES string of the molecule is CCCNC(=O)[C@@H]1CCCC[C@@H]1C(=O)NC1CCC(Sc2nc(C)cs2)CC1. The molecule has 156 valence electrons. The number of aromatic nitrogens is 1. The van der Waals surface area contributed by atoms with E-state index in [4.69, 9.17) is 0 Å². The van der Waals surface area contributed by atoms with Crippen LogP contribution in [0.1, 0.15) is 70.4 Å². The van der Waals surface area contributed by atoms with Crippen LogP contribution in [-0.2, 0) is 9.59 Å². The number of thiazole rings is 1. The summed E-state index contributed by atoms with van der Waals surface area (Å²) in [5, 5.41) is 8.97. The maximum absolute atomic E-state index is 12.9. The van der Waals surface area contributed by atoms with Crippen LogP contribution >= 0.6 is 23.1 Å². The Labute approximate surface area is 176 Å². The van der Waals surface area contributed by atoms with Gasteiger partial charge in [0, 0.05) is 40.7 Å². The van der Waals surface area contributed by atoms with Crippen LogP contribution in [0.3, 0.4) is 0 Å². The normalized spacial score (nSPS) is 27.9. The molecule has 5 nitrogen and oxygen atoms in total. The number of aryl methyl sites for hydroxylation is 1. The zero-order chi connectivity index (χ0) is 19.9. The monoisotopic (exact) mass is 423 g/mol. The van der Waals surface area contributed by atoms with E-state index in [9.17, 15) is 9.59 Å². The molecule has 7 heteroatoms. The van der Waals surface area contributed by atoms with E-state index in [2.05, 4.69) is 27.9 Å². The predicted molar refractivity (Wildman–Crippen MR) is 116 cm³/mol. The first-order chi connectivity index (χ1) is 13.6. The van der Waals surface area contributed by atoms with Crippen molar-refractivity contribution in [3.05, 3.63) is 11.1 Å². The zero-order valence-electron chi connectivity index (χ0n) is 17.0. The topological polar surface area (TPSA) is 71.1 Å². The van der Waals surface area contributed by atoms with Crippen molar-refractivity contribution in [2.75, 3.05) is 6.54 Å². The van der Waals surface area contributed by atoms with E-state index in [1.165, 1.54) is 0 Å². The van der Waals surface area contributed by atoms with Crippen molar-refractivity contribution in [2.45, 2.75) is 87.3 Å². The van der Waals surface area contributed by atoms with Crippen LogP contribution in [0.5, 0.6) is 0 Å². The lowest BCUT2D eigenvalue weighted by atomic mass is 9.77. The third kappa shape index (κ3) is 5.96. The molecule has 2 atom stereocenters. The predicted octanol–water partition coefficient (Wildman–Crippen LogP) is 4.30. The van der Waals surface area contributed by atoms with E-state index in [1.54, 1.807) is 11.3 Å². The molecule has 28 heavy (non-hydrogen) atoms. The van der Waals surface area contributed by atoms with Crippen molar-refractivity contribution in [2.24, 2.45) is 11.8 Å². The summed E-state index contributed by atoms with van der Waals surface area (Å²) in [7, 11) is 0. The van der Waals surface area contributed by atoms with Crippen LogP contribution in [0.25, 0.3) is 0 Å². The van der Waals surface area contributed by atoms with Crippen molar-refractivity contribution >= 4 is 34.9 Å². The minimum absolute atomic E-state index is 0.0700. The fourth-order valence-electron chi connectivity index (χ4n) is 4.30. The highest BCUT2D eigenvalue weighted by Gasteiger charge is 2.36. The number of hydrogen-bond acceptors (Lipinski definition) is 5. The molecule has 0 unspecified atom stereocenters. The lowest BCUT2D eigenvalue weighted by molar-refractivity contribution is -0.137. The van der Waals surface area contributed by atoms with Crippen LogP contribution in [0.15, 0.2) is 9.72 Å². The van der Waals surface area contributed by atoms with Crippen molar-refractivity contribution in [1.29, 1.82) is 0 Å². The zero-order valence-corrected chi connectivity index (χ0v) is 18.7. The Morgan fingerprint density at radius 1 is 1.11 bits per heavy atom. The van der Waals surface area contributed by atoms with E-state index < -0.39 is 0 Å². The van der Waals surface area contributed by atoms with Crippen molar-refractivity contribution in [3.63, 3.8) is 0 Å². The van der Waals surface area contributed by atoms with Gasteiger partial charge in [0.05, 0.1) is 0 Å². The lowest BCUT2D eigenvalue weighted by Gasteiger charge is -2.33. The standard InChI is InChI=1S/C21H33N3O2S2/c1-3-12-22-19(25)17-6-4-5-7-18(17)20(26)24-15-8-10-16(11-9-15)28-21-23-14(2)13-27-21/h13,15-18H,3-12H2,1-2H3,(H,22,25)(H,24,26)/t15?,16?,17-,18+/m1/s1. The molecule has 3 rings (SSSR count). The van der Waals surface area contributed by atoms with Gasteiger partial charge in [-0.2, -0.15) is 0 Å². The highest BCUT2D eigenvalue weighted by molar-refractivity contribution is 8.01. The summed E-state index contributed by atoms with van der Waals surface area (Å²) in [6.45, 7) is 4.79. The van der Waals surface area contributed by atoms with Crippen molar-refractivity contribution in [1.82, 2.24) is 15.6 Å². The molecule has 0 saturated heterocycles. The molecule has 0 aliphatic heterocycles. The molecule has 2 amide bonds. The van der Waals surface area contributed by atoms with Gasteiger partial charge in [-0.1, -0.05) is 31.5 Å². The summed E-state index contributed by atoms with van der Waals surface area (Å²) < 4.78 is 1.16. The van der Waals surface area contributed by atoms with Crippen molar-refractivity contribution in [3.8, 4) is 0 Å². The quantitative estimate of drug-likeness (QED) is 0.686. The molecule has 2 aliphatic rings. The molecule has 0 aromatic carbocycles. The summed E-state index contributed by atoms with van der Waals surface area (Å²) in [5.74, 6) is -0.139. The Morgan fingerprint density at radius 2 is 1.79 bits per heavy atom. The van der Waals surface area contributed by atoms with Gasteiger partial charge in [0.25, 0.3) is 0 Å². The third-order valence-corrected chi connectivity index (χ3v) is 8.30. The molecule has 1 aromatic rings. The first-order valence-electron chi connectivity index (χ1n) is 10.7. The van der Waals surface area contributed by atoms with E-state index >= 15 is 0 Å². The summed E-state index contributed by atoms with van der Waals surface area (Å²) in [6.07, 6.45) is 8.96. The Hall–Kier alpha value is -1.08. The van der Waals surface area contributed by atoms with Gasteiger partial charge in [-0.3, -0.25) is 9.59 Å². The summed E-state index contributed by atoms with van der Waals surface area (Å²) in [4.78, 5) is 30.0. The second-order valence-electron chi connectivity index (χ2n) is 8.14. The van der Waals surface area contributed by atoms with E-state index in [0.29, 0.717) is 11.8 Å².